The van der Waals surface area contributed by atoms with E-state index < -0.39 is 43.1 Å². The number of carbonyl (C=O) groups excluding carboxylic acids is 2. The van der Waals surface area contributed by atoms with Crippen molar-refractivity contribution in [1.29, 1.82) is 0 Å². The van der Waals surface area contributed by atoms with Gasteiger partial charge in [-0.1, -0.05) is 25.1 Å². The molecule has 0 bridgehead atoms. The van der Waals surface area contributed by atoms with Gasteiger partial charge < -0.3 is 25.0 Å². The fraction of sp³-hybridized carbons (Fsp3) is 0.381. The number of aromatic nitrogens is 4. The van der Waals surface area contributed by atoms with E-state index in [2.05, 4.69) is 25.6 Å². The maximum absolute atomic E-state index is 12.4. The first-order valence-corrected chi connectivity index (χ1v) is 10.5. The van der Waals surface area contributed by atoms with Crippen molar-refractivity contribution >= 4 is 34.7 Å². The van der Waals surface area contributed by atoms with Crippen LogP contribution in [0.3, 0.4) is 0 Å². The second-order valence-electron chi connectivity index (χ2n) is 7.43. The molecule has 1 aliphatic heterocycles. The highest BCUT2D eigenvalue weighted by molar-refractivity contribution is 6.02. The van der Waals surface area contributed by atoms with Crippen molar-refractivity contribution in [1.82, 2.24) is 19.5 Å². The molecule has 174 valence electrons. The number of rotatable bonds is 7. The van der Waals surface area contributed by atoms with Crippen molar-refractivity contribution in [2.45, 2.75) is 44.3 Å². The standard InChI is InChI=1S/C21H24N6O6/c1-2-6-14(29)33-17-16(30)13(9-28)32-20(17)27-11-24-15-18(22-10-23-19(15)27)26-21(31)25-12-7-4-3-5-8-12/h3-5,7-8,10-11,13,16-17,20,28,30H,2,6,9H2,1H3,(H2,22,23,25,26,31)/t13-,16-,17-,20-/m1/s1. The predicted molar refractivity (Wildman–Crippen MR) is 116 cm³/mol. The summed E-state index contributed by atoms with van der Waals surface area (Å²) in [5.74, 6) is -0.336. The Morgan fingerprint density at radius 1 is 1.18 bits per heavy atom. The Hall–Kier alpha value is -3.61. The highest BCUT2D eigenvalue weighted by Crippen LogP contribution is 2.34. The molecule has 4 atom stereocenters. The lowest BCUT2D eigenvalue weighted by atomic mass is 10.1. The SMILES string of the molecule is CCCC(=O)O[C@@H]1[C@H](O)[C@@H](CO)O[C@H]1n1cnc2c(NC(=O)Nc3ccccc3)ncnc21. The smallest absolute Gasteiger partial charge is 0.324 e. The highest BCUT2D eigenvalue weighted by Gasteiger charge is 2.47. The second kappa shape index (κ2) is 9.90. The molecular weight excluding hydrogens is 432 g/mol. The van der Waals surface area contributed by atoms with E-state index >= 15 is 0 Å². The van der Waals surface area contributed by atoms with Gasteiger partial charge in [-0.2, -0.15) is 0 Å². The van der Waals surface area contributed by atoms with Gasteiger partial charge in [0.05, 0.1) is 12.9 Å². The summed E-state index contributed by atoms with van der Waals surface area (Å²) in [5, 5.41) is 25.4. The van der Waals surface area contributed by atoms with Crippen LogP contribution in [0.5, 0.6) is 0 Å². The van der Waals surface area contributed by atoms with E-state index in [9.17, 15) is 19.8 Å². The molecule has 0 spiro atoms. The Kier molecular flexibility index (Phi) is 6.77. The molecular formula is C21H24N6O6. The summed E-state index contributed by atoms with van der Waals surface area (Å²) in [5.41, 5.74) is 1.16. The molecule has 0 radical (unpaired) electrons. The number of benzene rings is 1. The van der Waals surface area contributed by atoms with E-state index in [1.54, 1.807) is 24.3 Å². The predicted octanol–water partition coefficient (Wildman–Crippen LogP) is 1.43. The first kappa shape index (κ1) is 22.6. The van der Waals surface area contributed by atoms with Crippen LogP contribution in [-0.4, -0.2) is 66.7 Å². The summed E-state index contributed by atoms with van der Waals surface area (Å²) < 4.78 is 12.7. The van der Waals surface area contributed by atoms with Gasteiger partial charge in [0.1, 0.15) is 18.5 Å². The molecule has 0 saturated carbocycles. The number of anilines is 2. The van der Waals surface area contributed by atoms with Crippen LogP contribution >= 0.6 is 0 Å². The highest BCUT2D eigenvalue weighted by atomic mass is 16.6. The number of carbonyl (C=O) groups is 2. The number of nitrogens with one attached hydrogen (secondary N) is 2. The summed E-state index contributed by atoms with van der Waals surface area (Å²) in [6, 6.07) is 8.38. The summed E-state index contributed by atoms with van der Waals surface area (Å²) >= 11 is 0. The van der Waals surface area contributed by atoms with Crippen LogP contribution in [0.15, 0.2) is 43.0 Å². The number of urea groups is 1. The van der Waals surface area contributed by atoms with E-state index in [0.717, 1.165) is 0 Å². The summed E-state index contributed by atoms with van der Waals surface area (Å²) in [6.45, 7) is 1.37. The zero-order valence-electron chi connectivity index (χ0n) is 17.8. The summed E-state index contributed by atoms with van der Waals surface area (Å²) in [6.07, 6.45) is -0.870. The quantitative estimate of drug-likeness (QED) is 0.386. The minimum Gasteiger partial charge on any atom is -0.455 e. The number of fused-ring (bicyclic) bond motifs is 1. The topological polar surface area (TPSA) is 161 Å². The van der Waals surface area contributed by atoms with E-state index in [0.29, 0.717) is 12.1 Å². The maximum atomic E-state index is 12.4. The minimum absolute atomic E-state index is 0.156. The Morgan fingerprint density at radius 3 is 2.70 bits per heavy atom. The van der Waals surface area contributed by atoms with Crippen LogP contribution < -0.4 is 10.6 Å². The van der Waals surface area contributed by atoms with Crippen molar-refractivity contribution in [3.63, 3.8) is 0 Å². The average Bonchev–Trinajstić information content (AvgIpc) is 3.36. The number of hydrogen-bond donors (Lipinski definition) is 4. The average molecular weight is 456 g/mol. The molecule has 3 aromatic rings. The Morgan fingerprint density at radius 2 is 1.97 bits per heavy atom. The molecule has 3 heterocycles. The van der Waals surface area contributed by atoms with Crippen molar-refractivity contribution in [3.8, 4) is 0 Å². The second-order valence-corrected chi connectivity index (χ2v) is 7.43. The summed E-state index contributed by atoms with van der Waals surface area (Å²) in [7, 11) is 0. The summed E-state index contributed by atoms with van der Waals surface area (Å²) in [4.78, 5) is 37.1. The van der Waals surface area contributed by atoms with Gasteiger partial charge in [-0.15, -0.1) is 0 Å². The van der Waals surface area contributed by atoms with Crippen molar-refractivity contribution in [2.75, 3.05) is 17.2 Å². The number of nitrogens with zero attached hydrogens (tertiary/aromatic N) is 4. The molecule has 1 saturated heterocycles. The van der Waals surface area contributed by atoms with E-state index in [4.69, 9.17) is 9.47 Å². The van der Waals surface area contributed by atoms with E-state index in [-0.39, 0.29) is 23.4 Å². The number of esters is 1. The lowest BCUT2D eigenvalue weighted by Crippen LogP contribution is -2.37. The molecule has 12 nitrogen and oxygen atoms in total. The van der Waals surface area contributed by atoms with E-state index in [1.807, 2.05) is 13.0 Å². The largest absolute Gasteiger partial charge is 0.455 e. The molecule has 0 aliphatic carbocycles. The number of ether oxygens (including phenoxy) is 2. The number of aliphatic hydroxyl groups excluding tert-OH is 2. The van der Waals surface area contributed by atoms with E-state index in [1.165, 1.54) is 17.2 Å². The third-order valence-corrected chi connectivity index (χ3v) is 5.11. The lowest BCUT2D eigenvalue weighted by Gasteiger charge is -2.21. The minimum atomic E-state index is -1.24. The van der Waals surface area contributed by atoms with Crippen LogP contribution in [0.2, 0.25) is 0 Å². The molecule has 2 amide bonds. The Bertz CT molecular complexity index is 1120. The van der Waals surface area contributed by atoms with Crippen LogP contribution in [0.4, 0.5) is 16.3 Å². The zero-order valence-corrected chi connectivity index (χ0v) is 17.8. The van der Waals surface area contributed by atoms with Gasteiger partial charge in [0, 0.05) is 12.1 Å². The van der Waals surface area contributed by atoms with Gasteiger partial charge in [0.25, 0.3) is 0 Å². The third-order valence-electron chi connectivity index (χ3n) is 5.11. The molecule has 1 aromatic carbocycles. The monoisotopic (exact) mass is 456 g/mol. The van der Waals surface area contributed by atoms with Gasteiger partial charge in [0.15, 0.2) is 29.3 Å². The molecule has 4 N–H and O–H groups in total. The van der Waals surface area contributed by atoms with Crippen LogP contribution in [0.1, 0.15) is 26.0 Å². The molecule has 1 aliphatic rings. The molecule has 33 heavy (non-hydrogen) atoms. The number of hydrogen-bond acceptors (Lipinski definition) is 9. The normalized spacial score (nSPS) is 22.3. The number of amides is 2. The number of imidazole rings is 1. The van der Waals surface area contributed by atoms with Gasteiger partial charge >= 0.3 is 12.0 Å². The molecule has 2 aromatic heterocycles. The third kappa shape index (κ3) is 4.77. The molecule has 0 unspecified atom stereocenters. The Labute approximate surface area is 188 Å². The van der Waals surface area contributed by atoms with Crippen molar-refractivity contribution in [3.05, 3.63) is 43.0 Å². The van der Waals surface area contributed by atoms with Crippen molar-refractivity contribution in [2.24, 2.45) is 0 Å². The fourth-order valence-electron chi connectivity index (χ4n) is 3.56. The zero-order chi connectivity index (χ0) is 23.4. The Balaban J connectivity index is 1.59. The van der Waals surface area contributed by atoms with Crippen LogP contribution in [0.25, 0.3) is 11.2 Å². The number of aliphatic hydroxyl groups is 2. The molecule has 1 fully saturated rings. The fourth-order valence-corrected chi connectivity index (χ4v) is 3.56. The van der Waals surface area contributed by atoms with Crippen molar-refractivity contribution < 1.29 is 29.3 Å². The van der Waals surface area contributed by atoms with Gasteiger partial charge in [-0.05, 0) is 18.6 Å². The molecule has 12 heteroatoms. The van der Waals surface area contributed by atoms with Gasteiger partial charge in [-0.25, -0.2) is 19.7 Å². The first-order chi connectivity index (χ1) is 16.0. The lowest BCUT2D eigenvalue weighted by molar-refractivity contribution is -0.158. The van der Waals surface area contributed by atoms with Crippen LogP contribution in [0, 0.1) is 0 Å². The molecule has 4 rings (SSSR count). The number of para-hydroxylation sites is 1. The van der Waals surface area contributed by atoms with Gasteiger partial charge in [-0.3, -0.25) is 14.7 Å². The van der Waals surface area contributed by atoms with Gasteiger partial charge in [0.2, 0.25) is 0 Å². The first-order valence-electron chi connectivity index (χ1n) is 10.5. The van der Waals surface area contributed by atoms with Crippen LogP contribution in [-0.2, 0) is 14.3 Å². The maximum Gasteiger partial charge on any atom is 0.324 e.